The Balaban J connectivity index is 3.13. The summed E-state index contributed by atoms with van der Waals surface area (Å²) < 4.78 is 23.0. The molecule has 2 atom stereocenters. The molecule has 0 radical (unpaired) electrons. The smallest absolute Gasteiger partial charge is 0.269 e. The predicted octanol–water partition coefficient (Wildman–Crippen LogP) is 1.45. The van der Waals surface area contributed by atoms with Crippen molar-refractivity contribution in [2.75, 3.05) is 6.26 Å². The summed E-state index contributed by atoms with van der Waals surface area (Å²) in [4.78, 5) is 10.0. The molecule has 18 heavy (non-hydrogen) atoms. The van der Waals surface area contributed by atoms with E-state index in [9.17, 15) is 23.6 Å². The molecule has 7 heteroatoms. The van der Waals surface area contributed by atoms with Crippen molar-refractivity contribution in [3.63, 3.8) is 0 Å². The summed E-state index contributed by atoms with van der Waals surface area (Å²) in [5.74, 6) is 0. The number of sulfone groups is 1. The Hall–Kier alpha value is -1.47. The van der Waals surface area contributed by atoms with Gasteiger partial charge in [-0.2, -0.15) is 0 Å². The number of nitrogens with zero attached hydrogens (tertiary/aromatic N) is 1. The Kier molecular flexibility index (Phi) is 4.42. The van der Waals surface area contributed by atoms with Crippen molar-refractivity contribution in [1.29, 1.82) is 0 Å². The van der Waals surface area contributed by atoms with Gasteiger partial charge in [0.1, 0.15) is 0 Å². The lowest BCUT2D eigenvalue weighted by molar-refractivity contribution is -0.385. The molecule has 0 amide bonds. The maximum Gasteiger partial charge on any atom is 0.269 e. The fourth-order valence-corrected chi connectivity index (χ4v) is 3.03. The number of aliphatic hydroxyl groups is 1. The number of aliphatic hydroxyl groups excluding tert-OH is 1. The monoisotopic (exact) mass is 273 g/mol. The second kappa shape index (κ2) is 5.45. The first-order chi connectivity index (χ1) is 8.27. The van der Waals surface area contributed by atoms with Crippen LogP contribution in [0.15, 0.2) is 24.3 Å². The van der Waals surface area contributed by atoms with E-state index in [0.717, 1.165) is 6.26 Å². The summed E-state index contributed by atoms with van der Waals surface area (Å²) >= 11 is 0. The molecule has 0 spiro atoms. The van der Waals surface area contributed by atoms with Gasteiger partial charge in [-0.25, -0.2) is 8.42 Å². The molecule has 0 saturated carbocycles. The number of nitro benzene ring substituents is 1. The van der Waals surface area contributed by atoms with Crippen molar-refractivity contribution in [3.8, 4) is 0 Å². The molecule has 0 heterocycles. The molecule has 0 fully saturated rings. The molecular formula is C11H15NO5S. The van der Waals surface area contributed by atoms with E-state index in [1.54, 1.807) is 6.92 Å². The minimum absolute atomic E-state index is 0.171. The fraction of sp³-hybridized carbons (Fsp3) is 0.455. The van der Waals surface area contributed by atoms with Crippen LogP contribution >= 0.6 is 0 Å². The SMILES string of the molecule is CC[C@@H]([C@H](O)c1cccc([N+](=O)[O-])c1)S(C)(=O)=O. The van der Waals surface area contributed by atoms with Crippen LogP contribution in [-0.2, 0) is 9.84 Å². The quantitative estimate of drug-likeness (QED) is 0.646. The van der Waals surface area contributed by atoms with Gasteiger partial charge >= 0.3 is 0 Å². The molecule has 0 bridgehead atoms. The molecule has 0 saturated heterocycles. The van der Waals surface area contributed by atoms with Crippen molar-refractivity contribution < 1.29 is 18.4 Å². The van der Waals surface area contributed by atoms with Gasteiger partial charge in [-0.05, 0) is 12.0 Å². The third-order valence-electron chi connectivity index (χ3n) is 2.73. The van der Waals surface area contributed by atoms with Crippen molar-refractivity contribution in [2.45, 2.75) is 24.7 Å². The molecule has 1 rings (SSSR count). The number of hydrogen-bond acceptors (Lipinski definition) is 5. The van der Waals surface area contributed by atoms with Crippen molar-refractivity contribution in [1.82, 2.24) is 0 Å². The van der Waals surface area contributed by atoms with Gasteiger partial charge in [0.25, 0.3) is 5.69 Å². The van der Waals surface area contributed by atoms with Crippen LogP contribution in [0.2, 0.25) is 0 Å². The Morgan fingerprint density at radius 1 is 1.44 bits per heavy atom. The molecule has 0 aromatic heterocycles. The first-order valence-corrected chi connectivity index (χ1v) is 7.34. The maximum absolute atomic E-state index is 11.5. The number of benzene rings is 1. The van der Waals surface area contributed by atoms with Crippen LogP contribution in [0.25, 0.3) is 0 Å². The Labute approximate surface area is 105 Å². The number of rotatable bonds is 5. The molecule has 100 valence electrons. The van der Waals surface area contributed by atoms with Gasteiger partial charge in [-0.15, -0.1) is 0 Å². The third kappa shape index (κ3) is 3.27. The highest BCUT2D eigenvalue weighted by atomic mass is 32.2. The first kappa shape index (κ1) is 14.6. The summed E-state index contributed by atoms with van der Waals surface area (Å²) in [7, 11) is -3.42. The van der Waals surface area contributed by atoms with E-state index < -0.39 is 26.1 Å². The van der Waals surface area contributed by atoms with Crippen LogP contribution in [0, 0.1) is 10.1 Å². The summed E-state index contributed by atoms with van der Waals surface area (Å²) in [6, 6.07) is 5.38. The summed E-state index contributed by atoms with van der Waals surface area (Å²) in [6.07, 6.45) is 0.0228. The number of nitro groups is 1. The van der Waals surface area contributed by atoms with Gasteiger partial charge in [-0.1, -0.05) is 19.1 Å². The highest BCUT2D eigenvalue weighted by molar-refractivity contribution is 7.91. The fourth-order valence-electron chi connectivity index (χ4n) is 1.80. The lowest BCUT2D eigenvalue weighted by Crippen LogP contribution is -2.26. The maximum atomic E-state index is 11.5. The van der Waals surface area contributed by atoms with E-state index in [0.29, 0.717) is 0 Å². The van der Waals surface area contributed by atoms with E-state index in [1.165, 1.54) is 24.3 Å². The van der Waals surface area contributed by atoms with E-state index in [-0.39, 0.29) is 17.7 Å². The molecule has 1 aromatic carbocycles. The van der Waals surface area contributed by atoms with E-state index in [1.807, 2.05) is 0 Å². The molecule has 6 nitrogen and oxygen atoms in total. The van der Waals surface area contributed by atoms with E-state index in [2.05, 4.69) is 0 Å². The topological polar surface area (TPSA) is 97.5 Å². The normalized spacial score (nSPS) is 15.1. The number of non-ortho nitro benzene ring substituents is 1. The van der Waals surface area contributed by atoms with Gasteiger partial charge in [-0.3, -0.25) is 10.1 Å². The highest BCUT2D eigenvalue weighted by Crippen LogP contribution is 2.26. The van der Waals surface area contributed by atoms with Crippen LogP contribution in [0.5, 0.6) is 0 Å². The van der Waals surface area contributed by atoms with Gasteiger partial charge in [0.2, 0.25) is 0 Å². The Bertz CT molecular complexity index is 540. The molecule has 0 unspecified atom stereocenters. The van der Waals surface area contributed by atoms with E-state index in [4.69, 9.17) is 0 Å². The average molecular weight is 273 g/mol. The van der Waals surface area contributed by atoms with Crippen LogP contribution in [-0.4, -0.2) is 30.0 Å². The van der Waals surface area contributed by atoms with Gasteiger partial charge in [0, 0.05) is 18.4 Å². The zero-order valence-electron chi connectivity index (χ0n) is 10.1. The second-order valence-electron chi connectivity index (χ2n) is 4.07. The Morgan fingerprint density at radius 2 is 2.06 bits per heavy atom. The van der Waals surface area contributed by atoms with Gasteiger partial charge < -0.3 is 5.11 Å². The standard InChI is InChI=1S/C11H15NO5S/c1-3-10(18(2,16)17)11(13)8-5-4-6-9(7-8)12(14)15/h4-7,10-11,13H,3H2,1-2H3/t10-,11+/m0/s1. The lowest BCUT2D eigenvalue weighted by Gasteiger charge is -2.19. The van der Waals surface area contributed by atoms with Crippen LogP contribution in [0.3, 0.4) is 0 Å². The molecule has 0 aliphatic heterocycles. The van der Waals surface area contributed by atoms with Gasteiger partial charge in [0.15, 0.2) is 9.84 Å². The molecule has 1 aromatic rings. The summed E-state index contributed by atoms with van der Waals surface area (Å²) in [5, 5.41) is 19.7. The minimum atomic E-state index is -3.42. The lowest BCUT2D eigenvalue weighted by atomic mass is 10.0. The zero-order chi connectivity index (χ0) is 13.9. The molecular weight excluding hydrogens is 258 g/mol. The largest absolute Gasteiger partial charge is 0.387 e. The third-order valence-corrected chi connectivity index (χ3v) is 4.42. The number of hydrogen-bond donors (Lipinski definition) is 1. The first-order valence-electron chi connectivity index (χ1n) is 5.38. The van der Waals surface area contributed by atoms with E-state index >= 15 is 0 Å². The highest BCUT2D eigenvalue weighted by Gasteiger charge is 2.29. The second-order valence-corrected chi connectivity index (χ2v) is 6.34. The Morgan fingerprint density at radius 3 is 2.50 bits per heavy atom. The van der Waals surface area contributed by atoms with Crippen molar-refractivity contribution in [3.05, 3.63) is 39.9 Å². The summed E-state index contributed by atoms with van der Waals surface area (Å²) in [5.41, 5.74) is 0.0661. The van der Waals surface area contributed by atoms with Crippen LogP contribution in [0.1, 0.15) is 25.0 Å². The van der Waals surface area contributed by atoms with Crippen LogP contribution in [0.4, 0.5) is 5.69 Å². The zero-order valence-corrected chi connectivity index (χ0v) is 10.9. The van der Waals surface area contributed by atoms with Crippen LogP contribution < -0.4 is 0 Å². The molecule has 0 aliphatic rings. The van der Waals surface area contributed by atoms with Crippen molar-refractivity contribution >= 4 is 15.5 Å². The summed E-state index contributed by atoms with van der Waals surface area (Å²) in [6.45, 7) is 1.65. The average Bonchev–Trinajstić information content (AvgIpc) is 2.28. The van der Waals surface area contributed by atoms with Crippen molar-refractivity contribution in [2.24, 2.45) is 0 Å². The molecule has 1 N–H and O–H groups in total. The minimum Gasteiger partial charge on any atom is -0.387 e. The molecule has 0 aliphatic carbocycles. The predicted molar refractivity (Wildman–Crippen MR) is 67.0 cm³/mol. The van der Waals surface area contributed by atoms with Gasteiger partial charge in [0.05, 0.1) is 16.3 Å².